The first-order valence-electron chi connectivity index (χ1n) is 5.73. The number of ether oxygens (including phenoxy) is 1. The van der Waals surface area contributed by atoms with Crippen LogP contribution in [0.4, 0.5) is 14.5 Å². The molecule has 0 saturated heterocycles. The number of carbonyl (C=O) groups is 1. The molecule has 2 rings (SSSR count). The van der Waals surface area contributed by atoms with E-state index >= 15 is 0 Å². The van der Waals surface area contributed by atoms with E-state index in [0.29, 0.717) is 16.8 Å². The number of hydrogen-bond acceptors (Lipinski definition) is 3. The third-order valence-electron chi connectivity index (χ3n) is 2.72. The van der Waals surface area contributed by atoms with Crippen LogP contribution < -0.4 is 16.2 Å². The van der Waals surface area contributed by atoms with Crippen LogP contribution in [0.1, 0.15) is 15.9 Å². The van der Waals surface area contributed by atoms with Crippen LogP contribution >= 0.6 is 0 Å². The zero-order chi connectivity index (χ0) is 14.7. The molecule has 0 aliphatic heterocycles. The predicted octanol–water partition coefficient (Wildman–Crippen LogP) is 2.22. The van der Waals surface area contributed by atoms with Crippen LogP contribution in [-0.2, 0) is 6.61 Å². The molecule has 6 heteroatoms. The van der Waals surface area contributed by atoms with Crippen LogP contribution in [0.3, 0.4) is 0 Å². The fourth-order valence-corrected chi connectivity index (χ4v) is 1.61. The Labute approximate surface area is 114 Å². The molecular weight excluding hydrogens is 266 g/mol. The zero-order valence-corrected chi connectivity index (χ0v) is 10.4. The van der Waals surface area contributed by atoms with Gasteiger partial charge in [0.2, 0.25) is 5.91 Å². The van der Waals surface area contributed by atoms with Crippen molar-refractivity contribution in [3.63, 3.8) is 0 Å². The highest BCUT2D eigenvalue weighted by Crippen LogP contribution is 2.19. The van der Waals surface area contributed by atoms with Gasteiger partial charge in [-0.1, -0.05) is 6.07 Å². The number of hydrogen-bond donors (Lipinski definition) is 2. The summed E-state index contributed by atoms with van der Waals surface area (Å²) in [6.07, 6.45) is 0. The summed E-state index contributed by atoms with van der Waals surface area (Å²) in [7, 11) is 0. The summed E-state index contributed by atoms with van der Waals surface area (Å²) in [6.45, 7) is 0.0654. The zero-order valence-electron chi connectivity index (χ0n) is 10.4. The number of rotatable bonds is 4. The Hall–Kier alpha value is -2.63. The molecule has 2 aromatic carbocycles. The summed E-state index contributed by atoms with van der Waals surface area (Å²) < 4.78 is 31.1. The van der Waals surface area contributed by atoms with Gasteiger partial charge in [0.05, 0.1) is 0 Å². The molecule has 0 radical (unpaired) electrons. The molecule has 4 N–H and O–H groups in total. The summed E-state index contributed by atoms with van der Waals surface area (Å²) in [6, 6.07) is 7.78. The molecule has 2 aromatic rings. The topological polar surface area (TPSA) is 78.3 Å². The quantitative estimate of drug-likeness (QED) is 0.842. The largest absolute Gasteiger partial charge is 0.489 e. The summed E-state index contributed by atoms with van der Waals surface area (Å²) in [5, 5.41) is 0. The maximum Gasteiger partial charge on any atom is 0.248 e. The lowest BCUT2D eigenvalue weighted by molar-refractivity contribution is 0.100. The highest BCUT2D eigenvalue weighted by atomic mass is 19.2. The van der Waals surface area contributed by atoms with Gasteiger partial charge in [-0.25, -0.2) is 8.78 Å². The molecule has 0 unspecified atom stereocenters. The summed E-state index contributed by atoms with van der Waals surface area (Å²) in [4.78, 5) is 11.0. The Balaban J connectivity index is 2.10. The van der Waals surface area contributed by atoms with Gasteiger partial charge in [0.1, 0.15) is 12.4 Å². The second kappa shape index (κ2) is 5.56. The minimum Gasteiger partial charge on any atom is -0.489 e. The number of benzene rings is 2. The van der Waals surface area contributed by atoms with Crippen LogP contribution in [-0.4, -0.2) is 5.91 Å². The minimum atomic E-state index is -0.987. The van der Waals surface area contributed by atoms with Crippen LogP contribution in [0.15, 0.2) is 36.4 Å². The van der Waals surface area contributed by atoms with E-state index < -0.39 is 17.5 Å². The van der Waals surface area contributed by atoms with Crippen LogP contribution in [0.2, 0.25) is 0 Å². The second-order valence-corrected chi connectivity index (χ2v) is 4.14. The van der Waals surface area contributed by atoms with Gasteiger partial charge in [0.25, 0.3) is 0 Å². The van der Waals surface area contributed by atoms with Gasteiger partial charge in [0.15, 0.2) is 11.6 Å². The van der Waals surface area contributed by atoms with Crippen LogP contribution in [0, 0.1) is 11.6 Å². The number of nitrogens with two attached hydrogens (primary N) is 2. The molecule has 0 aliphatic rings. The summed E-state index contributed by atoms with van der Waals surface area (Å²) in [5.41, 5.74) is 12.1. The number of carbonyl (C=O) groups excluding carboxylic acids is 1. The van der Waals surface area contributed by atoms with Gasteiger partial charge in [-0.3, -0.25) is 4.79 Å². The normalized spacial score (nSPS) is 10.3. The van der Waals surface area contributed by atoms with Crippen molar-refractivity contribution in [2.24, 2.45) is 5.73 Å². The number of anilines is 1. The lowest BCUT2D eigenvalue weighted by atomic mass is 10.1. The van der Waals surface area contributed by atoms with E-state index in [1.54, 1.807) is 6.07 Å². The molecule has 0 fully saturated rings. The average Bonchev–Trinajstić information content (AvgIpc) is 2.41. The Bertz CT molecular complexity index is 660. The van der Waals surface area contributed by atoms with E-state index in [1.807, 2.05) is 0 Å². The lowest BCUT2D eigenvalue weighted by Crippen LogP contribution is -2.12. The van der Waals surface area contributed by atoms with E-state index in [4.69, 9.17) is 16.2 Å². The van der Waals surface area contributed by atoms with Gasteiger partial charge < -0.3 is 16.2 Å². The Kier molecular flexibility index (Phi) is 3.84. The highest BCUT2D eigenvalue weighted by Gasteiger charge is 2.07. The van der Waals surface area contributed by atoms with Gasteiger partial charge in [0, 0.05) is 22.9 Å². The SMILES string of the molecule is NC(=O)c1ccc(COc2ccc(F)c(F)c2)c(N)c1. The third-order valence-corrected chi connectivity index (χ3v) is 2.72. The average molecular weight is 278 g/mol. The third kappa shape index (κ3) is 3.03. The monoisotopic (exact) mass is 278 g/mol. The number of nitrogen functional groups attached to an aromatic ring is 1. The molecular formula is C14H12F2N2O2. The maximum atomic E-state index is 13.0. The van der Waals surface area contributed by atoms with Crippen molar-refractivity contribution < 1.29 is 18.3 Å². The second-order valence-electron chi connectivity index (χ2n) is 4.14. The van der Waals surface area contributed by atoms with Gasteiger partial charge in [-0.05, 0) is 24.3 Å². The minimum absolute atomic E-state index is 0.0654. The highest BCUT2D eigenvalue weighted by molar-refractivity contribution is 5.93. The van der Waals surface area contributed by atoms with Crippen molar-refractivity contribution in [2.45, 2.75) is 6.61 Å². The molecule has 0 heterocycles. The van der Waals surface area contributed by atoms with Crippen LogP contribution in [0.5, 0.6) is 5.75 Å². The Morgan fingerprint density at radius 1 is 1.10 bits per heavy atom. The van der Waals surface area contributed by atoms with Gasteiger partial charge in [-0.2, -0.15) is 0 Å². The summed E-state index contributed by atoms with van der Waals surface area (Å²) in [5.74, 6) is -2.32. The first-order chi connectivity index (χ1) is 9.47. The molecule has 0 atom stereocenters. The van der Waals surface area contributed by atoms with Gasteiger partial charge in [-0.15, -0.1) is 0 Å². The lowest BCUT2D eigenvalue weighted by Gasteiger charge is -2.09. The standard InChI is InChI=1S/C14H12F2N2O2/c15-11-4-3-10(6-12(11)16)20-7-9-2-1-8(14(18)19)5-13(9)17/h1-6H,7,17H2,(H2,18,19). The Morgan fingerprint density at radius 2 is 1.85 bits per heavy atom. The molecule has 104 valence electrons. The number of halogens is 2. The van der Waals surface area contributed by atoms with E-state index in [0.717, 1.165) is 12.1 Å². The van der Waals surface area contributed by atoms with E-state index in [2.05, 4.69) is 0 Å². The first-order valence-corrected chi connectivity index (χ1v) is 5.73. The molecule has 0 saturated carbocycles. The van der Waals surface area contributed by atoms with Crippen LogP contribution in [0.25, 0.3) is 0 Å². The fraction of sp³-hybridized carbons (Fsp3) is 0.0714. The van der Waals surface area contributed by atoms with E-state index in [1.165, 1.54) is 18.2 Å². The fourth-order valence-electron chi connectivity index (χ4n) is 1.61. The van der Waals surface area contributed by atoms with Crippen molar-refractivity contribution in [1.29, 1.82) is 0 Å². The number of amides is 1. The van der Waals surface area contributed by atoms with Crippen molar-refractivity contribution in [1.82, 2.24) is 0 Å². The maximum absolute atomic E-state index is 13.0. The molecule has 1 amide bonds. The predicted molar refractivity (Wildman–Crippen MR) is 70.1 cm³/mol. The molecule has 0 spiro atoms. The Morgan fingerprint density at radius 3 is 2.45 bits per heavy atom. The molecule has 0 aliphatic carbocycles. The molecule has 0 bridgehead atoms. The van der Waals surface area contributed by atoms with E-state index in [9.17, 15) is 13.6 Å². The first kappa shape index (κ1) is 13.8. The molecule has 4 nitrogen and oxygen atoms in total. The van der Waals surface area contributed by atoms with Crippen molar-refractivity contribution in [3.05, 3.63) is 59.2 Å². The summed E-state index contributed by atoms with van der Waals surface area (Å²) >= 11 is 0. The van der Waals surface area contributed by atoms with Crippen molar-refractivity contribution >= 4 is 11.6 Å². The number of primary amides is 1. The van der Waals surface area contributed by atoms with Gasteiger partial charge >= 0.3 is 0 Å². The molecule has 0 aromatic heterocycles. The molecule has 20 heavy (non-hydrogen) atoms. The van der Waals surface area contributed by atoms with E-state index in [-0.39, 0.29) is 12.4 Å². The smallest absolute Gasteiger partial charge is 0.248 e. The van der Waals surface area contributed by atoms with Crippen molar-refractivity contribution in [2.75, 3.05) is 5.73 Å². The van der Waals surface area contributed by atoms with Crippen molar-refractivity contribution in [3.8, 4) is 5.75 Å².